The van der Waals surface area contributed by atoms with Crippen LogP contribution in [0.2, 0.25) is 0 Å². The van der Waals surface area contributed by atoms with E-state index in [4.69, 9.17) is 4.74 Å². The molecule has 0 N–H and O–H groups in total. The highest BCUT2D eigenvalue weighted by molar-refractivity contribution is 5.82. The average molecular weight is 322 g/mol. The van der Waals surface area contributed by atoms with Crippen LogP contribution >= 0.6 is 0 Å². The van der Waals surface area contributed by atoms with Crippen molar-refractivity contribution in [1.29, 1.82) is 0 Å². The van der Waals surface area contributed by atoms with E-state index >= 15 is 0 Å². The van der Waals surface area contributed by atoms with Gasteiger partial charge in [-0.3, -0.25) is 4.79 Å². The van der Waals surface area contributed by atoms with Gasteiger partial charge in [0.25, 0.3) is 0 Å². The molecule has 0 saturated heterocycles. The summed E-state index contributed by atoms with van der Waals surface area (Å²) in [5.74, 6) is 1.81. The first-order chi connectivity index (χ1) is 11.5. The van der Waals surface area contributed by atoms with E-state index in [0.29, 0.717) is 17.6 Å². The monoisotopic (exact) mass is 322 g/mol. The fraction of sp³-hybridized carbons (Fsp3) is 0.409. The number of carbonyl (C=O) groups excluding carboxylic acids is 1. The van der Waals surface area contributed by atoms with Gasteiger partial charge in [-0.15, -0.1) is 0 Å². The van der Waals surface area contributed by atoms with Gasteiger partial charge >= 0.3 is 5.97 Å². The molecule has 0 heterocycles. The third-order valence-corrected chi connectivity index (χ3v) is 5.39. The van der Waals surface area contributed by atoms with E-state index in [1.807, 2.05) is 54.6 Å². The highest BCUT2D eigenvalue weighted by Gasteiger charge is 2.43. The molecule has 126 valence electrons. The second-order valence-electron chi connectivity index (χ2n) is 7.56. The Hall–Kier alpha value is -2.09. The summed E-state index contributed by atoms with van der Waals surface area (Å²) < 4.78 is 5.88. The van der Waals surface area contributed by atoms with Gasteiger partial charge in [-0.2, -0.15) is 0 Å². The first-order valence-corrected chi connectivity index (χ1v) is 8.86. The van der Waals surface area contributed by atoms with E-state index in [1.165, 1.54) is 0 Å². The molecule has 0 aliphatic heterocycles. The summed E-state index contributed by atoms with van der Waals surface area (Å²) in [7, 11) is 0. The Balaban J connectivity index is 1.81. The minimum atomic E-state index is -0.362. The fourth-order valence-corrected chi connectivity index (χ4v) is 3.68. The van der Waals surface area contributed by atoms with Crippen LogP contribution in [0.1, 0.15) is 40.0 Å². The predicted octanol–water partition coefficient (Wildman–Crippen LogP) is 5.72. The number of ether oxygens (including phenoxy) is 1. The van der Waals surface area contributed by atoms with Crippen LogP contribution in [0.25, 0.3) is 11.1 Å². The molecule has 2 heteroatoms. The van der Waals surface area contributed by atoms with Crippen molar-refractivity contribution in [3.8, 4) is 16.9 Å². The number of carbonyl (C=O) groups is 1. The number of rotatable bonds is 4. The van der Waals surface area contributed by atoms with Crippen LogP contribution in [0.3, 0.4) is 0 Å². The van der Waals surface area contributed by atoms with Gasteiger partial charge in [-0.1, -0.05) is 62.4 Å². The Morgan fingerprint density at radius 2 is 1.75 bits per heavy atom. The smallest absolute Gasteiger partial charge is 0.317 e. The number of esters is 1. The summed E-state index contributed by atoms with van der Waals surface area (Å²) in [4.78, 5) is 12.9. The molecule has 0 unspecified atom stereocenters. The van der Waals surface area contributed by atoms with E-state index in [2.05, 4.69) is 20.8 Å². The molecule has 0 radical (unpaired) electrons. The van der Waals surface area contributed by atoms with Crippen molar-refractivity contribution in [3.63, 3.8) is 0 Å². The van der Waals surface area contributed by atoms with E-state index < -0.39 is 0 Å². The van der Waals surface area contributed by atoms with Gasteiger partial charge in [-0.05, 0) is 49.7 Å². The Morgan fingerprint density at radius 1 is 1.08 bits per heavy atom. The molecule has 0 aromatic heterocycles. The van der Waals surface area contributed by atoms with Crippen molar-refractivity contribution >= 4 is 5.97 Å². The molecule has 2 atom stereocenters. The van der Waals surface area contributed by atoms with Crippen molar-refractivity contribution in [2.24, 2.45) is 17.3 Å². The van der Waals surface area contributed by atoms with Gasteiger partial charge in [0.2, 0.25) is 0 Å². The fourth-order valence-electron chi connectivity index (χ4n) is 3.68. The summed E-state index contributed by atoms with van der Waals surface area (Å²) in [6.45, 7) is 6.54. The van der Waals surface area contributed by atoms with Crippen molar-refractivity contribution in [3.05, 3.63) is 54.6 Å². The summed E-state index contributed by atoms with van der Waals surface area (Å²) >= 11 is 0. The molecular weight excluding hydrogens is 296 g/mol. The van der Waals surface area contributed by atoms with Crippen LogP contribution in [0.4, 0.5) is 0 Å². The molecule has 0 amide bonds. The van der Waals surface area contributed by atoms with Gasteiger partial charge in [0.05, 0.1) is 5.41 Å². The summed E-state index contributed by atoms with van der Waals surface area (Å²) in [6.07, 6.45) is 2.96. The molecule has 0 spiro atoms. The van der Waals surface area contributed by atoms with Crippen LogP contribution in [-0.2, 0) is 4.79 Å². The van der Waals surface area contributed by atoms with Crippen LogP contribution in [-0.4, -0.2) is 5.97 Å². The van der Waals surface area contributed by atoms with Gasteiger partial charge in [0.15, 0.2) is 0 Å². The summed E-state index contributed by atoms with van der Waals surface area (Å²) in [5.41, 5.74) is 1.67. The Bertz CT molecular complexity index is 705. The molecule has 1 aliphatic rings. The summed E-state index contributed by atoms with van der Waals surface area (Å²) in [5, 5.41) is 0. The topological polar surface area (TPSA) is 26.3 Å². The zero-order valence-corrected chi connectivity index (χ0v) is 14.8. The van der Waals surface area contributed by atoms with Gasteiger partial charge in [0, 0.05) is 5.56 Å². The highest BCUT2D eigenvalue weighted by atomic mass is 16.5. The number of hydrogen-bond donors (Lipinski definition) is 0. The standard InChI is InChI=1S/C22H26O2/c1-16(2)18-13-14-22(3,15-18)21(23)24-20-12-8-7-11-19(20)17-9-5-4-6-10-17/h4-12,16,18H,13-15H2,1-3H3/t18-,22-/m0/s1. The van der Waals surface area contributed by atoms with Gasteiger partial charge in [-0.25, -0.2) is 0 Å². The lowest BCUT2D eigenvalue weighted by Gasteiger charge is -2.23. The maximum atomic E-state index is 12.9. The third kappa shape index (κ3) is 3.38. The normalized spacial score (nSPS) is 23.4. The second-order valence-corrected chi connectivity index (χ2v) is 7.56. The predicted molar refractivity (Wildman–Crippen MR) is 97.8 cm³/mol. The Kier molecular flexibility index (Phi) is 4.75. The van der Waals surface area contributed by atoms with Crippen molar-refractivity contribution in [2.75, 3.05) is 0 Å². The van der Waals surface area contributed by atoms with E-state index in [0.717, 1.165) is 30.4 Å². The first kappa shape index (κ1) is 16.8. The Labute approximate surface area is 144 Å². The lowest BCUT2D eigenvalue weighted by molar-refractivity contribution is -0.144. The quantitative estimate of drug-likeness (QED) is 0.531. The maximum Gasteiger partial charge on any atom is 0.317 e. The SMILES string of the molecule is CC(C)[C@H]1CC[C@](C)(C(=O)Oc2ccccc2-c2ccccc2)C1. The number of para-hydroxylation sites is 1. The van der Waals surface area contributed by atoms with E-state index in [-0.39, 0.29) is 11.4 Å². The average Bonchev–Trinajstić information content (AvgIpc) is 3.00. The zero-order chi connectivity index (χ0) is 17.2. The minimum Gasteiger partial charge on any atom is -0.425 e. The first-order valence-electron chi connectivity index (χ1n) is 8.86. The second kappa shape index (κ2) is 6.80. The third-order valence-electron chi connectivity index (χ3n) is 5.39. The van der Waals surface area contributed by atoms with E-state index in [9.17, 15) is 4.79 Å². The Morgan fingerprint density at radius 3 is 2.42 bits per heavy atom. The molecule has 24 heavy (non-hydrogen) atoms. The van der Waals surface area contributed by atoms with Crippen LogP contribution in [0.15, 0.2) is 54.6 Å². The van der Waals surface area contributed by atoms with E-state index in [1.54, 1.807) is 0 Å². The zero-order valence-electron chi connectivity index (χ0n) is 14.8. The van der Waals surface area contributed by atoms with Crippen molar-refractivity contribution in [1.82, 2.24) is 0 Å². The van der Waals surface area contributed by atoms with Crippen LogP contribution < -0.4 is 4.74 Å². The number of benzene rings is 2. The molecule has 2 aromatic carbocycles. The van der Waals surface area contributed by atoms with Crippen molar-refractivity contribution in [2.45, 2.75) is 40.0 Å². The molecule has 1 saturated carbocycles. The van der Waals surface area contributed by atoms with Crippen molar-refractivity contribution < 1.29 is 9.53 Å². The van der Waals surface area contributed by atoms with Gasteiger partial charge in [0.1, 0.15) is 5.75 Å². The van der Waals surface area contributed by atoms with Crippen LogP contribution in [0.5, 0.6) is 5.75 Å². The molecule has 1 fully saturated rings. The molecule has 0 bridgehead atoms. The molecule has 3 rings (SSSR count). The minimum absolute atomic E-state index is 0.0889. The number of hydrogen-bond acceptors (Lipinski definition) is 2. The molecule has 1 aliphatic carbocycles. The van der Waals surface area contributed by atoms with Crippen LogP contribution in [0, 0.1) is 17.3 Å². The molecule has 2 aromatic rings. The largest absolute Gasteiger partial charge is 0.425 e. The maximum absolute atomic E-state index is 12.9. The highest BCUT2D eigenvalue weighted by Crippen LogP contribution is 2.45. The molecular formula is C22H26O2. The lowest BCUT2D eigenvalue weighted by Crippen LogP contribution is -2.30. The van der Waals surface area contributed by atoms with Gasteiger partial charge < -0.3 is 4.74 Å². The molecule has 2 nitrogen and oxygen atoms in total. The summed E-state index contributed by atoms with van der Waals surface area (Å²) in [6, 6.07) is 17.9. The lowest BCUT2D eigenvalue weighted by atomic mass is 9.85.